The summed E-state index contributed by atoms with van der Waals surface area (Å²) in [4.78, 5) is 21.1. The summed E-state index contributed by atoms with van der Waals surface area (Å²) in [6.07, 6.45) is 6.58. The molecule has 0 bridgehead atoms. The van der Waals surface area contributed by atoms with Crippen molar-refractivity contribution in [2.24, 2.45) is 5.92 Å². The minimum absolute atomic E-state index is 0.0775. The van der Waals surface area contributed by atoms with E-state index in [2.05, 4.69) is 9.97 Å². The number of imidazole rings is 1. The third-order valence-electron chi connectivity index (χ3n) is 3.59. The van der Waals surface area contributed by atoms with Crippen molar-refractivity contribution in [2.45, 2.75) is 37.8 Å². The van der Waals surface area contributed by atoms with Crippen LogP contribution in [0.1, 0.15) is 37.5 Å². The van der Waals surface area contributed by atoms with Crippen LogP contribution in [0.3, 0.4) is 0 Å². The lowest BCUT2D eigenvalue weighted by molar-refractivity contribution is -0.132. The summed E-state index contributed by atoms with van der Waals surface area (Å²) >= 11 is 0. The quantitative estimate of drug-likeness (QED) is 0.815. The molecule has 17 heavy (non-hydrogen) atoms. The largest absolute Gasteiger partial charge is 0.391 e. The lowest BCUT2D eigenvalue weighted by atomic mass is 10.2. The second-order valence-electron chi connectivity index (χ2n) is 5.07. The Labute approximate surface area is 99.8 Å². The first kappa shape index (κ1) is 10.8. The van der Waals surface area contributed by atoms with Crippen molar-refractivity contribution in [3.8, 4) is 0 Å². The van der Waals surface area contributed by atoms with Crippen LogP contribution in [0.4, 0.5) is 0 Å². The molecule has 0 spiro atoms. The van der Waals surface area contributed by atoms with Gasteiger partial charge in [0, 0.05) is 31.8 Å². The fourth-order valence-electron chi connectivity index (χ4n) is 2.49. The fourth-order valence-corrected chi connectivity index (χ4v) is 2.49. The van der Waals surface area contributed by atoms with Gasteiger partial charge in [0.25, 0.3) is 0 Å². The monoisotopic (exact) mass is 235 g/mol. The number of aliphatic hydroxyl groups excluding tert-OH is 1. The standard InChI is InChI=1S/C12H17N3O2/c16-9-6-10(12-13-3-4-14-12)15(7-9)11(17)5-8-1-2-8/h3-4,8-10,16H,1-2,5-7H2,(H,13,14)/t9-,10+/m1/s1. The third kappa shape index (κ3) is 2.20. The van der Waals surface area contributed by atoms with Gasteiger partial charge < -0.3 is 15.0 Å². The van der Waals surface area contributed by atoms with Crippen molar-refractivity contribution < 1.29 is 9.90 Å². The fraction of sp³-hybridized carbons (Fsp3) is 0.667. The molecular weight excluding hydrogens is 218 g/mol. The molecular formula is C12H17N3O2. The molecule has 2 atom stereocenters. The maximum atomic E-state index is 12.1. The van der Waals surface area contributed by atoms with Gasteiger partial charge in [-0.15, -0.1) is 0 Å². The number of hydrogen-bond acceptors (Lipinski definition) is 3. The van der Waals surface area contributed by atoms with E-state index in [1.165, 1.54) is 12.8 Å². The number of aromatic nitrogens is 2. The number of carbonyl (C=O) groups is 1. The Bertz CT molecular complexity index is 400. The smallest absolute Gasteiger partial charge is 0.223 e. The summed E-state index contributed by atoms with van der Waals surface area (Å²) in [6.45, 7) is 0.441. The maximum absolute atomic E-state index is 12.1. The molecule has 1 amide bonds. The molecule has 2 heterocycles. The van der Waals surface area contributed by atoms with Crippen molar-refractivity contribution in [1.29, 1.82) is 0 Å². The molecule has 0 radical (unpaired) electrons. The van der Waals surface area contributed by atoms with E-state index < -0.39 is 6.10 Å². The number of nitrogens with zero attached hydrogens (tertiary/aromatic N) is 2. The van der Waals surface area contributed by atoms with E-state index in [-0.39, 0.29) is 11.9 Å². The molecule has 2 aliphatic rings. The van der Waals surface area contributed by atoms with Crippen LogP contribution in [0, 0.1) is 5.92 Å². The predicted octanol–water partition coefficient (Wildman–Crippen LogP) is 0.844. The van der Waals surface area contributed by atoms with Crippen LogP contribution in [0.25, 0.3) is 0 Å². The van der Waals surface area contributed by atoms with Gasteiger partial charge in [-0.1, -0.05) is 0 Å². The number of rotatable bonds is 3. The van der Waals surface area contributed by atoms with Crippen LogP contribution < -0.4 is 0 Å². The van der Waals surface area contributed by atoms with Gasteiger partial charge in [0.2, 0.25) is 5.91 Å². The van der Waals surface area contributed by atoms with Crippen molar-refractivity contribution in [3.05, 3.63) is 18.2 Å². The second kappa shape index (κ2) is 4.14. The van der Waals surface area contributed by atoms with Crippen molar-refractivity contribution >= 4 is 5.91 Å². The molecule has 92 valence electrons. The highest BCUT2D eigenvalue weighted by atomic mass is 16.3. The molecule has 1 saturated heterocycles. The number of nitrogens with one attached hydrogen (secondary N) is 1. The molecule has 2 fully saturated rings. The summed E-state index contributed by atoms with van der Waals surface area (Å²) in [7, 11) is 0. The Kier molecular flexibility index (Phi) is 2.63. The van der Waals surface area contributed by atoms with Gasteiger partial charge in [-0.25, -0.2) is 4.98 Å². The van der Waals surface area contributed by atoms with E-state index >= 15 is 0 Å². The minimum Gasteiger partial charge on any atom is -0.391 e. The van der Waals surface area contributed by atoms with E-state index in [1.54, 1.807) is 17.3 Å². The Balaban J connectivity index is 1.74. The van der Waals surface area contributed by atoms with E-state index in [1.807, 2.05) is 0 Å². The normalized spacial score (nSPS) is 28.6. The summed E-state index contributed by atoms with van der Waals surface area (Å²) in [6, 6.07) is -0.0775. The predicted molar refractivity (Wildman–Crippen MR) is 61.0 cm³/mol. The average molecular weight is 235 g/mol. The molecule has 0 unspecified atom stereocenters. The number of aliphatic hydroxyl groups is 1. The number of β-amino-alcohol motifs (C(OH)–C–C–N with tert-alkyl or cyclic N) is 1. The number of likely N-dealkylation sites (tertiary alicyclic amines) is 1. The summed E-state index contributed by atoms with van der Waals surface area (Å²) < 4.78 is 0. The molecule has 1 aromatic rings. The maximum Gasteiger partial charge on any atom is 0.223 e. The zero-order valence-electron chi connectivity index (χ0n) is 9.67. The van der Waals surface area contributed by atoms with Crippen molar-refractivity contribution in [3.63, 3.8) is 0 Å². The molecule has 1 saturated carbocycles. The molecule has 2 N–H and O–H groups in total. The number of carbonyl (C=O) groups excluding carboxylic acids is 1. The lowest BCUT2D eigenvalue weighted by Gasteiger charge is -2.22. The minimum atomic E-state index is -0.423. The Hall–Kier alpha value is -1.36. The number of H-pyrrole nitrogens is 1. The Morgan fingerprint density at radius 2 is 2.41 bits per heavy atom. The van der Waals surface area contributed by atoms with Crippen LogP contribution in [-0.4, -0.2) is 38.5 Å². The summed E-state index contributed by atoms with van der Waals surface area (Å²) in [5.74, 6) is 1.52. The molecule has 1 aliphatic carbocycles. The Morgan fingerprint density at radius 1 is 1.59 bits per heavy atom. The molecule has 5 nitrogen and oxygen atoms in total. The first-order valence-electron chi connectivity index (χ1n) is 6.21. The van der Waals surface area contributed by atoms with Crippen molar-refractivity contribution in [1.82, 2.24) is 14.9 Å². The first-order valence-corrected chi connectivity index (χ1v) is 6.21. The SMILES string of the molecule is O=C(CC1CC1)N1C[C@H](O)C[C@H]1c1ncc[nH]1. The van der Waals surface area contributed by atoms with Crippen LogP contribution in [-0.2, 0) is 4.79 Å². The second-order valence-corrected chi connectivity index (χ2v) is 5.07. The topological polar surface area (TPSA) is 69.2 Å². The molecule has 3 rings (SSSR count). The van der Waals surface area contributed by atoms with Crippen LogP contribution in [0.2, 0.25) is 0 Å². The van der Waals surface area contributed by atoms with Crippen molar-refractivity contribution in [2.75, 3.05) is 6.54 Å². The van der Waals surface area contributed by atoms with Gasteiger partial charge in [0.05, 0.1) is 12.1 Å². The van der Waals surface area contributed by atoms with Gasteiger partial charge >= 0.3 is 0 Å². The number of amides is 1. The number of hydrogen-bond donors (Lipinski definition) is 2. The zero-order chi connectivity index (χ0) is 11.8. The third-order valence-corrected chi connectivity index (χ3v) is 3.59. The highest BCUT2D eigenvalue weighted by Gasteiger charge is 2.38. The van der Waals surface area contributed by atoms with E-state index in [9.17, 15) is 9.90 Å². The van der Waals surface area contributed by atoms with Crippen LogP contribution in [0.5, 0.6) is 0 Å². The Morgan fingerprint density at radius 3 is 3.06 bits per heavy atom. The van der Waals surface area contributed by atoms with Gasteiger partial charge in [-0.3, -0.25) is 4.79 Å². The first-order chi connectivity index (χ1) is 8.24. The van der Waals surface area contributed by atoms with Gasteiger partial charge in [-0.2, -0.15) is 0 Å². The van der Waals surface area contributed by atoms with Gasteiger partial charge in [0.1, 0.15) is 5.82 Å². The van der Waals surface area contributed by atoms with Gasteiger partial charge in [-0.05, 0) is 18.8 Å². The van der Waals surface area contributed by atoms with E-state index in [0.717, 1.165) is 5.82 Å². The highest BCUT2D eigenvalue weighted by molar-refractivity contribution is 5.77. The summed E-state index contributed by atoms with van der Waals surface area (Å²) in [5, 5.41) is 9.73. The number of aromatic amines is 1. The van der Waals surface area contributed by atoms with Crippen LogP contribution in [0.15, 0.2) is 12.4 Å². The average Bonchev–Trinajstić information content (AvgIpc) is 2.82. The summed E-state index contributed by atoms with van der Waals surface area (Å²) in [5.41, 5.74) is 0. The lowest BCUT2D eigenvalue weighted by Crippen LogP contribution is -2.32. The molecule has 1 aromatic heterocycles. The van der Waals surface area contributed by atoms with E-state index in [4.69, 9.17) is 0 Å². The molecule has 0 aromatic carbocycles. The zero-order valence-corrected chi connectivity index (χ0v) is 9.67. The van der Waals surface area contributed by atoms with Crippen LogP contribution >= 0.6 is 0 Å². The molecule has 5 heteroatoms. The van der Waals surface area contributed by atoms with E-state index in [0.29, 0.717) is 25.3 Å². The van der Waals surface area contributed by atoms with Gasteiger partial charge in [0.15, 0.2) is 0 Å². The highest BCUT2D eigenvalue weighted by Crippen LogP contribution is 2.36. The molecule has 1 aliphatic heterocycles.